The van der Waals surface area contributed by atoms with E-state index in [2.05, 4.69) is 19.4 Å². The molecule has 0 saturated carbocycles. The van der Waals surface area contributed by atoms with Crippen LogP contribution in [0.4, 0.5) is 5.69 Å². The van der Waals surface area contributed by atoms with Crippen LogP contribution in [-0.4, -0.2) is 39.0 Å². The number of amides is 2. The Morgan fingerprint density at radius 3 is 2.59 bits per heavy atom. The maximum Gasteiger partial charge on any atom is 0.252 e. The number of rotatable bonds is 6. The molecule has 0 aromatic heterocycles. The molecular weight excluding hydrogens is 362 g/mol. The van der Waals surface area contributed by atoms with Crippen molar-refractivity contribution < 1.29 is 14.5 Å². The van der Waals surface area contributed by atoms with Gasteiger partial charge in [-0.1, -0.05) is 41.9 Å². The molecule has 27 heavy (non-hydrogen) atoms. The van der Waals surface area contributed by atoms with Crippen molar-refractivity contribution in [2.24, 2.45) is 0 Å². The zero-order valence-electron chi connectivity index (χ0n) is 15.7. The van der Waals surface area contributed by atoms with Crippen LogP contribution in [0, 0.1) is 0 Å². The number of nitrogens with one attached hydrogen (secondary N) is 2. The van der Waals surface area contributed by atoms with Crippen LogP contribution in [0.3, 0.4) is 0 Å². The van der Waals surface area contributed by atoms with Crippen molar-refractivity contribution in [2.45, 2.75) is 18.9 Å². The maximum absolute atomic E-state index is 12.9. The van der Waals surface area contributed by atoms with Crippen LogP contribution in [0.25, 0.3) is 0 Å². The Balaban J connectivity index is 1.83. The molecule has 2 N–H and O–H groups in total. The van der Waals surface area contributed by atoms with Gasteiger partial charge in [0.25, 0.3) is 5.91 Å². The van der Waals surface area contributed by atoms with Crippen LogP contribution >= 0.6 is 11.6 Å². The lowest BCUT2D eigenvalue weighted by Crippen LogP contribution is -3.06. The average Bonchev–Trinajstić information content (AvgIpc) is 3.07. The zero-order chi connectivity index (χ0) is 19.4. The van der Waals surface area contributed by atoms with Crippen LogP contribution in [0.15, 0.2) is 48.5 Å². The van der Waals surface area contributed by atoms with E-state index in [0.717, 1.165) is 18.5 Å². The molecule has 1 fully saturated rings. The quantitative estimate of drug-likeness (QED) is 0.798. The highest BCUT2D eigenvalue weighted by Gasteiger charge is 2.25. The van der Waals surface area contributed by atoms with Gasteiger partial charge in [0.2, 0.25) is 5.91 Å². The number of hydrogen-bond donors (Lipinski definition) is 2. The second-order valence-electron chi connectivity index (χ2n) is 7.16. The third kappa shape index (κ3) is 4.67. The lowest BCUT2D eigenvalue weighted by atomic mass is 10.1. The van der Waals surface area contributed by atoms with Gasteiger partial charge in [-0.05, 0) is 30.2 Å². The van der Waals surface area contributed by atoms with Crippen LogP contribution in [0.1, 0.15) is 34.8 Å². The molecule has 0 aliphatic carbocycles. The van der Waals surface area contributed by atoms with Crippen LogP contribution in [-0.2, 0) is 4.79 Å². The van der Waals surface area contributed by atoms with Crippen molar-refractivity contribution >= 4 is 29.1 Å². The van der Waals surface area contributed by atoms with Gasteiger partial charge in [0.1, 0.15) is 12.6 Å². The SMILES string of the molecule is C[NH+](C)C[C@H](NC(=O)c1ccc(Cl)c(N2CCCC2=O)c1)c1ccccc1. The van der Waals surface area contributed by atoms with E-state index in [-0.39, 0.29) is 17.9 Å². The summed E-state index contributed by atoms with van der Waals surface area (Å²) in [6, 6.07) is 14.9. The molecular formula is C21H25ClN3O2+. The summed E-state index contributed by atoms with van der Waals surface area (Å²) in [5, 5.41) is 3.61. The van der Waals surface area contributed by atoms with E-state index in [4.69, 9.17) is 11.6 Å². The highest BCUT2D eigenvalue weighted by Crippen LogP contribution is 2.30. The third-order valence-electron chi connectivity index (χ3n) is 4.69. The Morgan fingerprint density at radius 1 is 1.22 bits per heavy atom. The molecule has 3 rings (SSSR count). The molecule has 0 unspecified atom stereocenters. The Labute approximate surface area is 164 Å². The normalized spacial score (nSPS) is 15.3. The number of hydrogen-bond acceptors (Lipinski definition) is 2. The van der Waals surface area contributed by atoms with Crippen LogP contribution in [0.2, 0.25) is 5.02 Å². The van der Waals surface area contributed by atoms with Gasteiger partial charge >= 0.3 is 0 Å². The number of nitrogens with zero attached hydrogens (tertiary/aromatic N) is 1. The third-order valence-corrected chi connectivity index (χ3v) is 5.01. The highest BCUT2D eigenvalue weighted by atomic mass is 35.5. The number of likely N-dealkylation sites (N-methyl/N-ethyl adjacent to an activating group) is 1. The lowest BCUT2D eigenvalue weighted by Gasteiger charge is -2.22. The van der Waals surface area contributed by atoms with Gasteiger partial charge in [-0.2, -0.15) is 0 Å². The number of quaternary nitrogens is 1. The summed E-state index contributed by atoms with van der Waals surface area (Å²) in [6.45, 7) is 1.40. The van der Waals surface area contributed by atoms with Gasteiger partial charge in [0, 0.05) is 18.5 Å². The second kappa shape index (κ2) is 8.55. The summed E-state index contributed by atoms with van der Waals surface area (Å²) < 4.78 is 0. The molecule has 0 spiro atoms. The van der Waals surface area contributed by atoms with E-state index in [1.165, 1.54) is 4.90 Å². The monoisotopic (exact) mass is 386 g/mol. The van der Waals surface area contributed by atoms with Gasteiger partial charge in [-0.3, -0.25) is 9.59 Å². The summed E-state index contributed by atoms with van der Waals surface area (Å²) in [5.41, 5.74) is 2.18. The summed E-state index contributed by atoms with van der Waals surface area (Å²) >= 11 is 6.29. The fourth-order valence-corrected chi connectivity index (χ4v) is 3.57. The Bertz CT molecular complexity index is 823. The van der Waals surface area contributed by atoms with E-state index in [1.54, 1.807) is 23.1 Å². The minimum atomic E-state index is -0.172. The number of anilines is 1. The molecule has 0 radical (unpaired) electrons. The molecule has 2 aromatic carbocycles. The first-order valence-corrected chi connectivity index (χ1v) is 9.58. The molecule has 2 aromatic rings. The lowest BCUT2D eigenvalue weighted by molar-refractivity contribution is -0.860. The molecule has 1 aliphatic heterocycles. The highest BCUT2D eigenvalue weighted by molar-refractivity contribution is 6.34. The maximum atomic E-state index is 12.9. The molecule has 142 valence electrons. The van der Waals surface area contributed by atoms with Crippen molar-refractivity contribution in [3.8, 4) is 0 Å². The van der Waals surface area contributed by atoms with Gasteiger partial charge in [0.05, 0.1) is 24.8 Å². The van der Waals surface area contributed by atoms with E-state index in [9.17, 15) is 9.59 Å². The first-order chi connectivity index (χ1) is 13.0. The van der Waals surface area contributed by atoms with Gasteiger partial charge in [0.15, 0.2) is 0 Å². The van der Waals surface area contributed by atoms with Gasteiger partial charge in [-0.15, -0.1) is 0 Å². The van der Waals surface area contributed by atoms with E-state index < -0.39 is 0 Å². The molecule has 1 heterocycles. The van der Waals surface area contributed by atoms with Crippen molar-refractivity contribution in [3.05, 3.63) is 64.7 Å². The molecule has 2 amide bonds. The van der Waals surface area contributed by atoms with E-state index >= 15 is 0 Å². The molecule has 0 bridgehead atoms. The summed E-state index contributed by atoms with van der Waals surface area (Å²) in [7, 11) is 4.11. The molecule has 5 nitrogen and oxygen atoms in total. The minimum Gasteiger partial charge on any atom is -0.340 e. The average molecular weight is 387 g/mol. The predicted octanol–water partition coefficient (Wildman–Crippen LogP) is 2.08. The largest absolute Gasteiger partial charge is 0.340 e. The summed E-state index contributed by atoms with van der Waals surface area (Å²) in [6.07, 6.45) is 1.34. The molecule has 1 saturated heterocycles. The van der Waals surface area contributed by atoms with Gasteiger partial charge < -0.3 is 15.1 Å². The Morgan fingerprint density at radius 2 is 1.96 bits per heavy atom. The second-order valence-corrected chi connectivity index (χ2v) is 7.57. The Hall–Kier alpha value is -2.37. The Kier molecular flexibility index (Phi) is 6.14. The van der Waals surface area contributed by atoms with Gasteiger partial charge in [-0.25, -0.2) is 0 Å². The van der Waals surface area contributed by atoms with E-state index in [1.807, 2.05) is 30.3 Å². The number of carbonyl (C=O) groups is 2. The standard InChI is InChI=1S/C21H24ClN3O2/c1-24(2)14-18(15-7-4-3-5-8-15)23-21(27)16-10-11-17(22)19(13-16)25-12-6-9-20(25)26/h3-5,7-8,10-11,13,18H,6,9,12,14H2,1-2H3,(H,23,27)/p+1/t18-/m0/s1. The summed E-state index contributed by atoms with van der Waals surface area (Å²) in [5.74, 6) is -0.123. The van der Waals surface area contributed by atoms with Crippen molar-refractivity contribution in [1.82, 2.24) is 5.32 Å². The minimum absolute atomic E-state index is 0.0489. The smallest absolute Gasteiger partial charge is 0.252 e. The first-order valence-electron chi connectivity index (χ1n) is 9.20. The van der Waals surface area contributed by atoms with Crippen LogP contribution < -0.4 is 15.1 Å². The molecule has 1 aliphatic rings. The van der Waals surface area contributed by atoms with E-state index in [0.29, 0.717) is 29.2 Å². The number of carbonyl (C=O) groups excluding carboxylic acids is 2. The summed E-state index contributed by atoms with van der Waals surface area (Å²) in [4.78, 5) is 27.9. The predicted molar refractivity (Wildman–Crippen MR) is 107 cm³/mol. The van der Waals surface area contributed by atoms with Crippen molar-refractivity contribution in [3.63, 3.8) is 0 Å². The molecule has 6 heteroatoms. The molecule has 1 atom stereocenters. The number of halogens is 1. The van der Waals surface area contributed by atoms with Crippen LogP contribution in [0.5, 0.6) is 0 Å². The fourth-order valence-electron chi connectivity index (χ4n) is 3.35. The van der Waals surface area contributed by atoms with Crippen molar-refractivity contribution in [1.29, 1.82) is 0 Å². The fraction of sp³-hybridized carbons (Fsp3) is 0.333. The topological polar surface area (TPSA) is 53.9 Å². The van der Waals surface area contributed by atoms with Crippen molar-refractivity contribution in [2.75, 3.05) is 32.1 Å². The first kappa shape index (κ1) is 19.4. The zero-order valence-corrected chi connectivity index (χ0v) is 16.4. The number of benzene rings is 2.